The zero-order valence-corrected chi connectivity index (χ0v) is 11.5. The summed E-state index contributed by atoms with van der Waals surface area (Å²) in [5.41, 5.74) is 0.846. The monoisotopic (exact) mass is 261 g/mol. The van der Waals surface area contributed by atoms with E-state index in [1.807, 2.05) is 37.3 Å². The van der Waals surface area contributed by atoms with E-state index in [1.54, 1.807) is 0 Å². The average Bonchev–Trinajstić information content (AvgIpc) is 2.48. The van der Waals surface area contributed by atoms with Crippen LogP contribution in [0.3, 0.4) is 0 Å². The molecular formula is C16H23NO2. The summed E-state index contributed by atoms with van der Waals surface area (Å²) in [6.07, 6.45) is 4.86. The van der Waals surface area contributed by atoms with Gasteiger partial charge in [0.25, 0.3) is 0 Å². The molecule has 0 unspecified atom stereocenters. The minimum absolute atomic E-state index is 0.0992. The fourth-order valence-electron chi connectivity index (χ4n) is 2.72. The minimum Gasteiger partial charge on any atom is -0.386 e. The minimum atomic E-state index is -0.645. The molecule has 0 bridgehead atoms. The lowest BCUT2D eigenvalue weighted by molar-refractivity contribution is -0.127. The van der Waals surface area contributed by atoms with Crippen molar-refractivity contribution in [2.24, 2.45) is 5.92 Å². The molecule has 0 aromatic heterocycles. The standard InChI is InChI=1S/C16H23NO2/c1-12(15(18)13-8-4-2-5-9-13)17-16(19)14-10-6-3-7-11-14/h2,4-5,8-9,12,14-15,18H,3,6-7,10-11H2,1H3,(H,17,19)/t12-,15-/m0/s1. The molecule has 1 amide bonds. The summed E-state index contributed by atoms with van der Waals surface area (Å²) in [5, 5.41) is 13.2. The second-order valence-corrected chi connectivity index (χ2v) is 5.49. The van der Waals surface area contributed by atoms with Gasteiger partial charge in [0.1, 0.15) is 0 Å². The molecule has 0 aliphatic heterocycles. The Labute approximate surface area is 115 Å². The quantitative estimate of drug-likeness (QED) is 0.875. The third-order valence-corrected chi connectivity index (χ3v) is 3.96. The fourth-order valence-corrected chi connectivity index (χ4v) is 2.72. The van der Waals surface area contributed by atoms with Crippen molar-refractivity contribution in [1.29, 1.82) is 0 Å². The highest BCUT2D eigenvalue weighted by Crippen LogP contribution is 2.24. The number of amides is 1. The summed E-state index contributed by atoms with van der Waals surface area (Å²) in [4.78, 5) is 12.1. The molecule has 0 saturated heterocycles. The Hall–Kier alpha value is -1.35. The Morgan fingerprint density at radius 3 is 2.47 bits per heavy atom. The van der Waals surface area contributed by atoms with Crippen LogP contribution in [-0.4, -0.2) is 17.1 Å². The number of carbonyl (C=O) groups excluding carboxylic acids is 1. The average molecular weight is 261 g/mol. The highest BCUT2D eigenvalue weighted by Gasteiger charge is 2.24. The summed E-state index contributed by atoms with van der Waals surface area (Å²) >= 11 is 0. The van der Waals surface area contributed by atoms with Gasteiger partial charge >= 0.3 is 0 Å². The van der Waals surface area contributed by atoms with E-state index in [1.165, 1.54) is 6.42 Å². The molecule has 1 aliphatic rings. The summed E-state index contributed by atoms with van der Waals surface area (Å²) in [7, 11) is 0. The second kappa shape index (κ2) is 6.71. The molecule has 19 heavy (non-hydrogen) atoms. The summed E-state index contributed by atoms with van der Waals surface area (Å²) < 4.78 is 0. The van der Waals surface area contributed by atoms with Gasteiger partial charge in [0.15, 0.2) is 0 Å². The van der Waals surface area contributed by atoms with Gasteiger partial charge < -0.3 is 10.4 Å². The predicted octanol–water partition coefficient (Wildman–Crippen LogP) is 2.81. The van der Waals surface area contributed by atoms with E-state index in [0.717, 1.165) is 31.2 Å². The van der Waals surface area contributed by atoms with Gasteiger partial charge in [0, 0.05) is 5.92 Å². The van der Waals surface area contributed by atoms with E-state index in [9.17, 15) is 9.90 Å². The third kappa shape index (κ3) is 3.80. The molecule has 0 heterocycles. The molecule has 1 saturated carbocycles. The SMILES string of the molecule is C[C@H](NC(=O)C1CCCCC1)[C@H](O)c1ccccc1. The lowest BCUT2D eigenvalue weighted by Gasteiger charge is -2.25. The van der Waals surface area contributed by atoms with Gasteiger partial charge in [0.05, 0.1) is 12.1 Å². The predicted molar refractivity (Wildman–Crippen MR) is 75.6 cm³/mol. The number of aliphatic hydroxyl groups is 1. The van der Waals surface area contributed by atoms with Crippen LogP contribution in [0.5, 0.6) is 0 Å². The molecule has 1 fully saturated rings. The molecule has 2 N–H and O–H groups in total. The topological polar surface area (TPSA) is 49.3 Å². The van der Waals surface area contributed by atoms with Crippen molar-refractivity contribution in [3.8, 4) is 0 Å². The van der Waals surface area contributed by atoms with Crippen LogP contribution in [-0.2, 0) is 4.79 Å². The Morgan fingerprint density at radius 2 is 1.84 bits per heavy atom. The van der Waals surface area contributed by atoms with Crippen molar-refractivity contribution < 1.29 is 9.90 Å². The molecule has 3 heteroatoms. The van der Waals surface area contributed by atoms with Crippen molar-refractivity contribution in [2.45, 2.75) is 51.2 Å². The molecule has 2 rings (SSSR count). The smallest absolute Gasteiger partial charge is 0.223 e. The second-order valence-electron chi connectivity index (χ2n) is 5.49. The maximum absolute atomic E-state index is 12.1. The van der Waals surface area contributed by atoms with Gasteiger partial charge in [-0.2, -0.15) is 0 Å². The maximum atomic E-state index is 12.1. The van der Waals surface area contributed by atoms with Crippen molar-refractivity contribution in [2.75, 3.05) is 0 Å². The summed E-state index contributed by atoms with van der Waals surface area (Å²) in [5.74, 6) is 0.237. The largest absolute Gasteiger partial charge is 0.386 e. The molecule has 104 valence electrons. The van der Waals surface area contributed by atoms with Crippen LogP contribution in [0, 0.1) is 5.92 Å². The maximum Gasteiger partial charge on any atom is 0.223 e. The fraction of sp³-hybridized carbons (Fsp3) is 0.562. The first kappa shape index (κ1) is 14.1. The summed E-state index contributed by atoms with van der Waals surface area (Å²) in [6.45, 7) is 1.86. The lowest BCUT2D eigenvalue weighted by Crippen LogP contribution is -2.41. The van der Waals surface area contributed by atoms with Crippen molar-refractivity contribution in [3.05, 3.63) is 35.9 Å². The van der Waals surface area contributed by atoms with E-state index in [-0.39, 0.29) is 17.9 Å². The highest BCUT2D eigenvalue weighted by atomic mass is 16.3. The number of nitrogens with one attached hydrogen (secondary N) is 1. The van der Waals surface area contributed by atoms with Gasteiger partial charge in [0.2, 0.25) is 5.91 Å². The van der Waals surface area contributed by atoms with Gasteiger partial charge in [-0.25, -0.2) is 0 Å². The van der Waals surface area contributed by atoms with Gasteiger partial charge in [-0.3, -0.25) is 4.79 Å². The van der Waals surface area contributed by atoms with Crippen LogP contribution in [0.4, 0.5) is 0 Å². The van der Waals surface area contributed by atoms with E-state index in [0.29, 0.717) is 0 Å². The highest BCUT2D eigenvalue weighted by molar-refractivity contribution is 5.79. The zero-order chi connectivity index (χ0) is 13.7. The molecule has 1 aliphatic carbocycles. The molecular weight excluding hydrogens is 238 g/mol. The number of hydrogen-bond acceptors (Lipinski definition) is 2. The number of aliphatic hydroxyl groups excluding tert-OH is 1. The Kier molecular flexibility index (Phi) is 4.97. The van der Waals surface area contributed by atoms with Gasteiger partial charge in [-0.15, -0.1) is 0 Å². The number of rotatable bonds is 4. The number of hydrogen-bond donors (Lipinski definition) is 2. The number of benzene rings is 1. The third-order valence-electron chi connectivity index (χ3n) is 3.96. The number of carbonyl (C=O) groups is 1. The van der Waals surface area contributed by atoms with E-state index >= 15 is 0 Å². The van der Waals surface area contributed by atoms with Crippen LogP contribution < -0.4 is 5.32 Å². The van der Waals surface area contributed by atoms with E-state index in [2.05, 4.69) is 5.32 Å². The van der Waals surface area contributed by atoms with E-state index in [4.69, 9.17) is 0 Å². The van der Waals surface area contributed by atoms with Crippen molar-refractivity contribution in [1.82, 2.24) is 5.32 Å². The van der Waals surface area contributed by atoms with Gasteiger partial charge in [-0.05, 0) is 25.3 Å². The molecule has 3 nitrogen and oxygen atoms in total. The van der Waals surface area contributed by atoms with Crippen molar-refractivity contribution >= 4 is 5.91 Å². The Morgan fingerprint density at radius 1 is 1.21 bits per heavy atom. The van der Waals surface area contributed by atoms with Crippen LogP contribution in [0.15, 0.2) is 30.3 Å². The van der Waals surface area contributed by atoms with Crippen LogP contribution in [0.1, 0.15) is 50.7 Å². The van der Waals surface area contributed by atoms with Crippen LogP contribution in [0.2, 0.25) is 0 Å². The normalized spacial score (nSPS) is 19.7. The Balaban J connectivity index is 1.89. The van der Waals surface area contributed by atoms with Gasteiger partial charge in [-0.1, -0.05) is 49.6 Å². The molecule has 2 atom stereocenters. The summed E-state index contributed by atoms with van der Waals surface area (Å²) in [6, 6.07) is 9.23. The van der Waals surface area contributed by atoms with Crippen LogP contribution >= 0.6 is 0 Å². The van der Waals surface area contributed by atoms with E-state index < -0.39 is 6.10 Å². The van der Waals surface area contributed by atoms with Crippen molar-refractivity contribution in [3.63, 3.8) is 0 Å². The molecule has 0 radical (unpaired) electrons. The molecule has 1 aromatic carbocycles. The first-order valence-corrected chi connectivity index (χ1v) is 7.22. The zero-order valence-electron chi connectivity index (χ0n) is 11.5. The molecule has 0 spiro atoms. The first-order valence-electron chi connectivity index (χ1n) is 7.22. The lowest BCUT2D eigenvalue weighted by atomic mass is 9.88. The molecule has 1 aromatic rings. The Bertz CT molecular complexity index is 398. The first-order chi connectivity index (χ1) is 9.18. The van der Waals surface area contributed by atoms with Crippen LogP contribution in [0.25, 0.3) is 0 Å².